The normalized spacial score (nSPS) is 24.7. The second-order valence-corrected chi connectivity index (χ2v) is 6.57. The van der Waals surface area contributed by atoms with E-state index in [0.29, 0.717) is 19.1 Å². The van der Waals surface area contributed by atoms with Crippen LogP contribution in [0.5, 0.6) is 0 Å². The van der Waals surface area contributed by atoms with Crippen molar-refractivity contribution in [3.8, 4) is 0 Å². The van der Waals surface area contributed by atoms with Crippen LogP contribution < -0.4 is 0 Å². The zero-order valence-electron chi connectivity index (χ0n) is 13.3. The molecule has 0 heterocycles. The molecular weight excluding hydrogens is 260 g/mol. The van der Waals surface area contributed by atoms with Crippen LogP contribution in [-0.4, -0.2) is 18.3 Å². The van der Waals surface area contributed by atoms with Gasteiger partial charge in [0.2, 0.25) is 0 Å². The Morgan fingerprint density at radius 2 is 2.05 bits per heavy atom. The minimum Gasteiger partial charge on any atom is -0.396 e. The highest BCUT2D eigenvalue weighted by atomic mass is 16.5. The third kappa shape index (κ3) is 4.42. The molecule has 3 atom stereocenters. The summed E-state index contributed by atoms with van der Waals surface area (Å²) >= 11 is 0. The van der Waals surface area contributed by atoms with E-state index in [1.54, 1.807) is 0 Å². The maximum Gasteiger partial charge on any atom is 0.0717 e. The van der Waals surface area contributed by atoms with Crippen molar-refractivity contribution in [1.82, 2.24) is 0 Å². The molecule has 2 rings (SSSR count). The molecule has 0 spiro atoms. The van der Waals surface area contributed by atoms with E-state index < -0.39 is 0 Å². The zero-order valence-corrected chi connectivity index (χ0v) is 13.3. The molecule has 0 bridgehead atoms. The summed E-state index contributed by atoms with van der Waals surface area (Å²) in [6, 6.07) is 10.3. The molecular formula is C19H28O2. The summed E-state index contributed by atoms with van der Waals surface area (Å²) in [5, 5.41) is 9.84. The van der Waals surface area contributed by atoms with Gasteiger partial charge in [0.25, 0.3) is 0 Å². The van der Waals surface area contributed by atoms with E-state index in [0.717, 1.165) is 6.42 Å². The Hall–Kier alpha value is -1.12. The van der Waals surface area contributed by atoms with E-state index in [4.69, 9.17) is 4.74 Å². The third-order valence-corrected chi connectivity index (χ3v) is 4.81. The maximum atomic E-state index is 9.84. The molecule has 0 saturated carbocycles. The largest absolute Gasteiger partial charge is 0.396 e. The first-order valence-corrected chi connectivity index (χ1v) is 8.06. The van der Waals surface area contributed by atoms with Crippen LogP contribution in [0.3, 0.4) is 0 Å². The lowest BCUT2D eigenvalue weighted by atomic mass is 9.67. The quantitative estimate of drug-likeness (QED) is 0.762. The van der Waals surface area contributed by atoms with Gasteiger partial charge in [0.05, 0.1) is 6.61 Å². The number of hydrogen-bond donors (Lipinski definition) is 1. The van der Waals surface area contributed by atoms with Crippen molar-refractivity contribution in [1.29, 1.82) is 0 Å². The van der Waals surface area contributed by atoms with Crippen molar-refractivity contribution in [2.45, 2.75) is 39.7 Å². The zero-order chi connectivity index (χ0) is 15.1. The Labute approximate surface area is 128 Å². The van der Waals surface area contributed by atoms with Crippen molar-refractivity contribution in [3.63, 3.8) is 0 Å². The summed E-state index contributed by atoms with van der Waals surface area (Å²) in [5.74, 6) is 0.622. The Bertz CT molecular complexity index is 440. The van der Waals surface area contributed by atoms with Crippen LogP contribution in [-0.2, 0) is 11.3 Å². The van der Waals surface area contributed by atoms with Gasteiger partial charge >= 0.3 is 0 Å². The molecule has 2 nitrogen and oxygen atoms in total. The molecule has 0 saturated heterocycles. The summed E-state index contributed by atoms with van der Waals surface area (Å²) in [7, 11) is 0. The SMILES string of the molecule is C[C@@H](COCc1ccccc1)[C@@H](CO)[C@]1(C)C=CCCC1. The molecule has 2 heteroatoms. The van der Waals surface area contributed by atoms with Gasteiger partial charge < -0.3 is 9.84 Å². The summed E-state index contributed by atoms with van der Waals surface area (Å²) in [4.78, 5) is 0. The average molecular weight is 288 g/mol. The number of ether oxygens (including phenoxy) is 1. The first-order valence-electron chi connectivity index (χ1n) is 8.06. The predicted octanol–water partition coefficient (Wildman–Crippen LogP) is 4.19. The smallest absolute Gasteiger partial charge is 0.0717 e. The molecule has 1 aromatic carbocycles. The first kappa shape index (κ1) is 16.3. The fourth-order valence-corrected chi connectivity index (χ4v) is 3.44. The van der Waals surface area contributed by atoms with Crippen molar-refractivity contribution < 1.29 is 9.84 Å². The summed E-state index contributed by atoms with van der Waals surface area (Å²) in [6.07, 6.45) is 8.14. The number of benzene rings is 1. The summed E-state index contributed by atoms with van der Waals surface area (Å²) < 4.78 is 5.86. The molecule has 1 aliphatic carbocycles. The van der Waals surface area contributed by atoms with Gasteiger partial charge in [0, 0.05) is 13.2 Å². The van der Waals surface area contributed by atoms with Gasteiger partial charge in [-0.2, -0.15) is 0 Å². The van der Waals surface area contributed by atoms with Gasteiger partial charge in [0.1, 0.15) is 0 Å². The standard InChI is InChI=1S/C19H28O2/c1-16(14-21-15-17-9-5-3-6-10-17)18(13-20)19(2)11-7-4-8-12-19/h3,5-7,9-11,16,18,20H,4,8,12-15H2,1-2H3/t16-,18+,19+/m0/s1. The van der Waals surface area contributed by atoms with Crippen molar-refractivity contribution in [2.75, 3.05) is 13.2 Å². The predicted molar refractivity (Wildman–Crippen MR) is 86.9 cm³/mol. The Kier molecular flexibility index (Phi) is 6.01. The lowest BCUT2D eigenvalue weighted by Gasteiger charge is -2.39. The van der Waals surface area contributed by atoms with Crippen LogP contribution >= 0.6 is 0 Å². The van der Waals surface area contributed by atoms with Crippen molar-refractivity contribution >= 4 is 0 Å². The van der Waals surface area contributed by atoms with E-state index in [1.165, 1.54) is 18.4 Å². The number of hydrogen-bond acceptors (Lipinski definition) is 2. The van der Waals surface area contributed by atoms with E-state index in [1.807, 2.05) is 18.2 Å². The minimum absolute atomic E-state index is 0.114. The van der Waals surface area contributed by atoms with E-state index in [9.17, 15) is 5.11 Å². The molecule has 0 unspecified atom stereocenters. The number of allylic oxidation sites excluding steroid dienone is 2. The Balaban J connectivity index is 1.87. The molecule has 116 valence electrons. The molecule has 21 heavy (non-hydrogen) atoms. The lowest BCUT2D eigenvalue weighted by Crippen LogP contribution is -2.36. The molecule has 0 radical (unpaired) electrons. The summed E-state index contributed by atoms with van der Waals surface area (Å²) in [5.41, 5.74) is 1.32. The fourth-order valence-electron chi connectivity index (χ4n) is 3.44. The van der Waals surface area contributed by atoms with Gasteiger partial charge in [-0.25, -0.2) is 0 Å². The number of aliphatic hydroxyl groups is 1. The molecule has 1 N–H and O–H groups in total. The van der Waals surface area contributed by atoms with Crippen LogP contribution in [0.25, 0.3) is 0 Å². The van der Waals surface area contributed by atoms with Gasteiger partial charge in [-0.1, -0.05) is 56.3 Å². The topological polar surface area (TPSA) is 29.5 Å². The Morgan fingerprint density at radius 1 is 1.29 bits per heavy atom. The molecule has 1 aromatic rings. The molecule has 0 aliphatic heterocycles. The maximum absolute atomic E-state index is 9.84. The van der Waals surface area contributed by atoms with Gasteiger partial charge in [-0.15, -0.1) is 0 Å². The monoisotopic (exact) mass is 288 g/mol. The summed E-state index contributed by atoms with van der Waals surface area (Å²) in [6.45, 7) is 6.05. The van der Waals surface area contributed by atoms with Crippen molar-refractivity contribution in [2.24, 2.45) is 17.3 Å². The Morgan fingerprint density at radius 3 is 2.67 bits per heavy atom. The van der Waals surface area contributed by atoms with Gasteiger partial charge in [0.15, 0.2) is 0 Å². The van der Waals surface area contributed by atoms with Crippen molar-refractivity contribution in [3.05, 3.63) is 48.0 Å². The van der Waals surface area contributed by atoms with E-state index in [2.05, 4.69) is 38.1 Å². The third-order valence-electron chi connectivity index (χ3n) is 4.81. The van der Waals surface area contributed by atoms with Gasteiger partial charge in [-0.05, 0) is 42.1 Å². The average Bonchev–Trinajstić information content (AvgIpc) is 2.49. The fraction of sp³-hybridized carbons (Fsp3) is 0.579. The second kappa shape index (κ2) is 7.77. The first-order chi connectivity index (χ1) is 10.2. The minimum atomic E-state index is 0.114. The van der Waals surface area contributed by atoms with Crippen LogP contribution in [0.4, 0.5) is 0 Å². The molecule has 0 amide bonds. The van der Waals surface area contributed by atoms with E-state index in [-0.39, 0.29) is 17.9 Å². The molecule has 0 aromatic heterocycles. The van der Waals surface area contributed by atoms with Crippen LogP contribution in [0.15, 0.2) is 42.5 Å². The second-order valence-electron chi connectivity index (χ2n) is 6.57. The van der Waals surface area contributed by atoms with Crippen LogP contribution in [0.2, 0.25) is 0 Å². The molecule has 0 fully saturated rings. The van der Waals surface area contributed by atoms with Crippen LogP contribution in [0, 0.1) is 17.3 Å². The van der Waals surface area contributed by atoms with Gasteiger partial charge in [-0.3, -0.25) is 0 Å². The van der Waals surface area contributed by atoms with Crippen LogP contribution in [0.1, 0.15) is 38.7 Å². The number of aliphatic hydroxyl groups excluding tert-OH is 1. The lowest BCUT2D eigenvalue weighted by molar-refractivity contribution is 0.0166. The highest BCUT2D eigenvalue weighted by Gasteiger charge is 2.35. The van der Waals surface area contributed by atoms with E-state index >= 15 is 0 Å². The highest BCUT2D eigenvalue weighted by Crippen LogP contribution is 2.41. The number of rotatable bonds is 7. The molecule has 1 aliphatic rings. The highest BCUT2D eigenvalue weighted by molar-refractivity contribution is 5.13.